The minimum absolute atomic E-state index is 0.227. The third-order valence-electron chi connectivity index (χ3n) is 5.95. The summed E-state index contributed by atoms with van der Waals surface area (Å²) in [5.74, 6) is -1.28. The fourth-order valence-corrected chi connectivity index (χ4v) is 5.57. The highest BCUT2D eigenvalue weighted by molar-refractivity contribution is 7.17. The van der Waals surface area contributed by atoms with Crippen LogP contribution in [0.15, 0.2) is 35.3 Å². The van der Waals surface area contributed by atoms with Crippen LogP contribution in [0.3, 0.4) is 0 Å². The van der Waals surface area contributed by atoms with Gasteiger partial charge in [-0.25, -0.2) is 9.78 Å². The molecule has 9 nitrogen and oxygen atoms in total. The molecule has 0 aliphatic heterocycles. The minimum atomic E-state index is -1.14. The van der Waals surface area contributed by atoms with Crippen LogP contribution in [-0.2, 0) is 38.4 Å². The number of carbonyl (C=O) groups is 3. The number of nitrogens with zero attached hydrogens (tertiary/aromatic N) is 2. The van der Waals surface area contributed by atoms with E-state index in [0.29, 0.717) is 27.5 Å². The first-order chi connectivity index (χ1) is 16.8. The molecule has 0 saturated carbocycles. The molecule has 2 unspecified atom stereocenters. The Kier molecular flexibility index (Phi) is 7.30. The topological polar surface area (TPSA) is 117 Å². The first-order valence-corrected chi connectivity index (χ1v) is 12.4. The largest absolute Gasteiger partial charge is 0.462 e. The average molecular weight is 498 g/mol. The number of hydrogen-bond acceptors (Lipinski definition) is 8. The van der Waals surface area contributed by atoms with Crippen molar-refractivity contribution in [1.29, 1.82) is 0 Å². The maximum absolute atomic E-state index is 12.9. The lowest BCUT2D eigenvalue weighted by Gasteiger charge is -2.18. The van der Waals surface area contributed by atoms with E-state index in [0.717, 1.165) is 35.9 Å². The second-order valence-corrected chi connectivity index (χ2v) is 9.67. The molecular weight excluding hydrogens is 470 g/mol. The highest BCUT2D eigenvalue weighted by Crippen LogP contribution is 2.40. The van der Waals surface area contributed by atoms with E-state index in [4.69, 9.17) is 9.47 Å². The van der Waals surface area contributed by atoms with Crippen LogP contribution >= 0.6 is 11.3 Å². The maximum atomic E-state index is 12.9. The van der Waals surface area contributed by atoms with Gasteiger partial charge in [0.05, 0.1) is 29.4 Å². The highest BCUT2D eigenvalue weighted by Gasteiger charge is 2.30. The Morgan fingerprint density at radius 3 is 2.83 bits per heavy atom. The number of para-hydroxylation sites is 2. The normalized spacial score (nSPS) is 15.8. The molecule has 3 aromatic rings. The van der Waals surface area contributed by atoms with Crippen LogP contribution in [-0.4, -0.2) is 40.1 Å². The number of carbonyl (C=O) groups excluding carboxylic acids is 3. The van der Waals surface area contributed by atoms with Crippen molar-refractivity contribution in [2.75, 3.05) is 11.9 Å². The van der Waals surface area contributed by atoms with Crippen molar-refractivity contribution in [2.24, 2.45) is 5.92 Å². The molecule has 4 rings (SSSR count). The lowest BCUT2D eigenvalue weighted by atomic mass is 9.88. The summed E-state index contributed by atoms with van der Waals surface area (Å²) < 4.78 is 11.8. The summed E-state index contributed by atoms with van der Waals surface area (Å²) >= 11 is 1.36. The van der Waals surface area contributed by atoms with Gasteiger partial charge in [0.2, 0.25) is 0 Å². The van der Waals surface area contributed by atoms with Gasteiger partial charge >= 0.3 is 11.9 Å². The lowest BCUT2D eigenvalue weighted by Crippen LogP contribution is -2.33. The quantitative estimate of drug-likeness (QED) is 0.498. The molecule has 184 valence electrons. The summed E-state index contributed by atoms with van der Waals surface area (Å²) in [5, 5.41) is 3.16. The fourth-order valence-electron chi connectivity index (χ4n) is 4.17. The van der Waals surface area contributed by atoms with E-state index in [2.05, 4.69) is 17.2 Å². The zero-order valence-electron chi connectivity index (χ0n) is 19.8. The number of rotatable bonds is 7. The number of thiophene rings is 1. The molecule has 0 bridgehead atoms. The Morgan fingerprint density at radius 2 is 2.06 bits per heavy atom. The summed E-state index contributed by atoms with van der Waals surface area (Å²) in [6, 6.07) is 6.94. The molecule has 2 heterocycles. The Balaban J connectivity index is 1.48. The van der Waals surface area contributed by atoms with Gasteiger partial charge in [0, 0.05) is 4.88 Å². The van der Waals surface area contributed by atoms with E-state index in [1.165, 1.54) is 22.8 Å². The van der Waals surface area contributed by atoms with Crippen LogP contribution < -0.4 is 10.9 Å². The molecule has 10 heteroatoms. The first kappa shape index (κ1) is 24.6. The van der Waals surface area contributed by atoms with E-state index >= 15 is 0 Å². The van der Waals surface area contributed by atoms with Crippen LogP contribution in [0.2, 0.25) is 0 Å². The number of amides is 1. The van der Waals surface area contributed by atoms with Gasteiger partial charge in [-0.2, -0.15) is 0 Å². The maximum Gasteiger partial charge on any atom is 0.341 e. The number of anilines is 1. The molecule has 1 aromatic carbocycles. The highest BCUT2D eigenvalue weighted by atomic mass is 32.1. The van der Waals surface area contributed by atoms with Crippen LogP contribution in [0.25, 0.3) is 11.0 Å². The van der Waals surface area contributed by atoms with E-state index in [-0.39, 0.29) is 13.2 Å². The predicted molar refractivity (Wildman–Crippen MR) is 132 cm³/mol. The van der Waals surface area contributed by atoms with Gasteiger partial charge in [-0.3, -0.25) is 19.0 Å². The molecule has 0 radical (unpaired) electrons. The van der Waals surface area contributed by atoms with Gasteiger partial charge in [-0.05, 0) is 56.7 Å². The van der Waals surface area contributed by atoms with E-state index in [9.17, 15) is 19.2 Å². The molecule has 0 spiro atoms. The zero-order valence-corrected chi connectivity index (χ0v) is 20.6. The summed E-state index contributed by atoms with van der Waals surface area (Å²) in [6.07, 6.45) is 2.54. The molecule has 1 N–H and O–H groups in total. The van der Waals surface area contributed by atoms with Crippen molar-refractivity contribution in [3.63, 3.8) is 0 Å². The van der Waals surface area contributed by atoms with Crippen LogP contribution in [0.5, 0.6) is 0 Å². The summed E-state index contributed by atoms with van der Waals surface area (Å²) in [4.78, 5) is 55.5. The second-order valence-electron chi connectivity index (χ2n) is 8.57. The standard InChI is InChI=1S/C25H27N3O6S/c1-4-33-25(32)22-16-10-9-14(2)11-19(16)35-24(22)27-23(31)15(3)34-21(30)13-28-18-8-6-5-7-17(18)26-12-20(28)29/h5-8,12,14-15H,4,9-11,13H2,1-3H3,(H,27,31). The molecule has 2 atom stereocenters. The Hall–Kier alpha value is -3.53. The number of aromatic nitrogens is 2. The molecule has 1 aliphatic carbocycles. The van der Waals surface area contributed by atoms with Crippen molar-refractivity contribution in [3.05, 3.63) is 56.8 Å². The third-order valence-corrected chi connectivity index (χ3v) is 7.12. The van der Waals surface area contributed by atoms with E-state index < -0.39 is 29.5 Å². The van der Waals surface area contributed by atoms with E-state index in [1.807, 2.05) is 0 Å². The number of nitrogens with one attached hydrogen (secondary N) is 1. The summed E-state index contributed by atoms with van der Waals surface area (Å²) in [7, 11) is 0. The monoisotopic (exact) mass is 497 g/mol. The van der Waals surface area contributed by atoms with Gasteiger partial charge in [-0.15, -0.1) is 11.3 Å². The summed E-state index contributed by atoms with van der Waals surface area (Å²) in [6.45, 7) is 5.20. The third kappa shape index (κ3) is 5.27. The number of benzene rings is 1. The van der Waals surface area contributed by atoms with Crippen molar-refractivity contribution in [1.82, 2.24) is 9.55 Å². The molecule has 2 aromatic heterocycles. The zero-order chi connectivity index (χ0) is 25.1. The van der Waals surface area contributed by atoms with Crippen molar-refractivity contribution >= 4 is 45.2 Å². The smallest absolute Gasteiger partial charge is 0.341 e. The van der Waals surface area contributed by atoms with Gasteiger partial charge in [0.1, 0.15) is 11.5 Å². The average Bonchev–Trinajstić information content (AvgIpc) is 3.17. The number of hydrogen-bond donors (Lipinski definition) is 1. The molecule has 35 heavy (non-hydrogen) atoms. The second kappa shape index (κ2) is 10.4. The minimum Gasteiger partial charge on any atom is -0.462 e. The Morgan fingerprint density at radius 1 is 1.29 bits per heavy atom. The van der Waals surface area contributed by atoms with Crippen LogP contribution in [0, 0.1) is 5.92 Å². The Bertz CT molecular complexity index is 1340. The SMILES string of the molecule is CCOC(=O)c1c(NC(=O)C(C)OC(=O)Cn2c(=O)cnc3ccccc32)sc2c1CCC(C)C2. The van der Waals surface area contributed by atoms with Gasteiger partial charge in [0.25, 0.3) is 11.5 Å². The molecular formula is C25H27N3O6S. The van der Waals surface area contributed by atoms with Crippen LogP contribution in [0.4, 0.5) is 5.00 Å². The first-order valence-electron chi connectivity index (χ1n) is 11.5. The van der Waals surface area contributed by atoms with Crippen molar-refractivity contribution in [2.45, 2.75) is 52.7 Å². The van der Waals surface area contributed by atoms with Crippen molar-refractivity contribution in [3.8, 4) is 0 Å². The fraction of sp³-hybridized carbons (Fsp3) is 0.400. The van der Waals surface area contributed by atoms with E-state index in [1.54, 1.807) is 31.2 Å². The Labute approximate surface area is 206 Å². The lowest BCUT2D eigenvalue weighted by molar-refractivity contribution is -0.153. The van der Waals surface area contributed by atoms with Crippen LogP contribution in [0.1, 0.15) is 48.0 Å². The molecule has 0 fully saturated rings. The predicted octanol–water partition coefficient (Wildman–Crippen LogP) is 3.33. The number of esters is 2. The molecule has 0 saturated heterocycles. The van der Waals surface area contributed by atoms with Gasteiger partial charge < -0.3 is 14.8 Å². The molecule has 1 amide bonds. The number of fused-ring (bicyclic) bond motifs is 2. The van der Waals surface area contributed by atoms with Gasteiger partial charge in [0.15, 0.2) is 6.10 Å². The van der Waals surface area contributed by atoms with Crippen molar-refractivity contribution < 1.29 is 23.9 Å². The van der Waals surface area contributed by atoms with Gasteiger partial charge in [-0.1, -0.05) is 19.1 Å². The number of ether oxygens (including phenoxy) is 2. The molecule has 1 aliphatic rings. The summed E-state index contributed by atoms with van der Waals surface area (Å²) in [5.41, 5.74) is 1.92.